The predicted molar refractivity (Wildman–Crippen MR) is 84.7 cm³/mol. The van der Waals surface area contributed by atoms with Crippen LogP contribution in [0.25, 0.3) is 0 Å². The maximum atomic E-state index is 12.4. The van der Waals surface area contributed by atoms with Crippen LogP contribution in [0.5, 0.6) is 0 Å². The largest absolute Gasteiger partial charge is 0.345 e. The van der Waals surface area contributed by atoms with E-state index in [0.717, 1.165) is 48.1 Å². The highest BCUT2D eigenvalue weighted by Gasteiger charge is 2.25. The van der Waals surface area contributed by atoms with Gasteiger partial charge in [-0.3, -0.25) is 9.69 Å². The molecule has 22 heavy (non-hydrogen) atoms. The zero-order valence-corrected chi connectivity index (χ0v) is 13.7. The lowest BCUT2D eigenvalue weighted by Gasteiger charge is -2.28. The minimum atomic E-state index is -0.142. The molecule has 0 aliphatic carbocycles. The van der Waals surface area contributed by atoms with Crippen LogP contribution < -0.4 is 5.56 Å². The quantitative estimate of drug-likeness (QED) is 0.884. The SMILES string of the molecule is Cc1cnc(CN2CCc3nc(C(C)(C)C)[nH]c(=O)c3C2)[nH]1. The molecule has 0 radical (unpaired) electrons. The van der Waals surface area contributed by atoms with Crippen molar-refractivity contribution >= 4 is 0 Å². The first-order chi connectivity index (χ1) is 10.3. The van der Waals surface area contributed by atoms with Gasteiger partial charge in [0.2, 0.25) is 0 Å². The maximum absolute atomic E-state index is 12.4. The summed E-state index contributed by atoms with van der Waals surface area (Å²) in [6, 6.07) is 0. The number of hydrogen-bond donors (Lipinski definition) is 2. The van der Waals surface area contributed by atoms with Crippen LogP contribution in [0.15, 0.2) is 11.0 Å². The predicted octanol–water partition coefficient (Wildman–Crippen LogP) is 1.66. The topological polar surface area (TPSA) is 77.7 Å². The van der Waals surface area contributed by atoms with Crippen molar-refractivity contribution in [3.63, 3.8) is 0 Å². The third-order valence-corrected chi connectivity index (χ3v) is 3.99. The first-order valence-corrected chi connectivity index (χ1v) is 7.68. The van der Waals surface area contributed by atoms with Gasteiger partial charge in [-0.15, -0.1) is 0 Å². The molecule has 3 heterocycles. The van der Waals surface area contributed by atoms with Gasteiger partial charge in [0.05, 0.1) is 17.8 Å². The Bertz CT molecular complexity index is 738. The molecule has 6 nitrogen and oxygen atoms in total. The molecule has 118 valence electrons. The second kappa shape index (κ2) is 5.35. The molecular formula is C16H23N5O. The smallest absolute Gasteiger partial charge is 0.255 e. The second-order valence-electron chi connectivity index (χ2n) is 7.06. The van der Waals surface area contributed by atoms with Gasteiger partial charge in [0, 0.05) is 36.8 Å². The van der Waals surface area contributed by atoms with Crippen LogP contribution in [0.4, 0.5) is 0 Å². The van der Waals surface area contributed by atoms with E-state index in [0.29, 0.717) is 6.54 Å². The lowest BCUT2D eigenvalue weighted by Crippen LogP contribution is -2.37. The molecule has 0 saturated carbocycles. The highest BCUT2D eigenvalue weighted by atomic mass is 16.1. The summed E-state index contributed by atoms with van der Waals surface area (Å²) in [6.07, 6.45) is 2.64. The van der Waals surface area contributed by atoms with Gasteiger partial charge < -0.3 is 9.97 Å². The Labute approximate surface area is 130 Å². The summed E-state index contributed by atoms with van der Waals surface area (Å²) >= 11 is 0. The standard InChI is InChI=1S/C16H23N5O/c1-10-7-17-13(18-10)9-21-6-5-12-11(8-21)14(22)20-15(19-12)16(2,3)4/h7H,5-6,8-9H2,1-4H3,(H,17,18)(H,19,20,22). The van der Waals surface area contributed by atoms with Crippen molar-refractivity contribution in [1.82, 2.24) is 24.8 Å². The fourth-order valence-electron chi connectivity index (χ4n) is 2.73. The van der Waals surface area contributed by atoms with E-state index < -0.39 is 0 Å². The minimum absolute atomic E-state index is 0.00440. The third-order valence-electron chi connectivity index (χ3n) is 3.99. The average Bonchev–Trinajstić information content (AvgIpc) is 2.83. The summed E-state index contributed by atoms with van der Waals surface area (Å²) in [4.78, 5) is 29.8. The van der Waals surface area contributed by atoms with Crippen molar-refractivity contribution < 1.29 is 0 Å². The number of H-pyrrole nitrogens is 2. The Morgan fingerprint density at radius 1 is 1.32 bits per heavy atom. The summed E-state index contributed by atoms with van der Waals surface area (Å²) in [7, 11) is 0. The number of hydrogen-bond acceptors (Lipinski definition) is 4. The Kier molecular flexibility index (Phi) is 3.64. The Morgan fingerprint density at radius 3 is 2.73 bits per heavy atom. The van der Waals surface area contributed by atoms with Gasteiger partial charge in [0.15, 0.2) is 0 Å². The van der Waals surface area contributed by atoms with Crippen LogP contribution >= 0.6 is 0 Å². The van der Waals surface area contributed by atoms with Gasteiger partial charge in [-0.05, 0) is 6.92 Å². The number of aryl methyl sites for hydroxylation is 1. The van der Waals surface area contributed by atoms with E-state index >= 15 is 0 Å². The van der Waals surface area contributed by atoms with E-state index in [4.69, 9.17) is 0 Å². The summed E-state index contributed by atoms with van der Waals surface area (Å²) in [5.74, 6) is 1.71. The van der Waals surface area contributed by atoms with Crippen LogP contribution in [-0.4, -0.2) is 31.4 Å². The van der Waals surface area contributed by atoms with E-state index in [-0.39, 0.29) is 11.0 Å². The Morgan fingerprint density at radius 2 is 2.09 bits per heavy atom. The van der Waals surface area contributed by atoms with Gasteiger partial charge >= 0.3 is 0 Å². The fraction of sp³-hybridized carbons (Fsp3) is 0.562. The van der Waals surface area contributed by atoms with Crippen molar-refractivity contribution in [3.8, 4) is 0 Å². The molecule has 2 aromatic heterocycles. The highest BCUT2D eigenvalue weighted by molar-refractivity contribution is 5.22. The van der Waals surface area contributed by atoms with Crippen molar-refractivity contribution in [2.24, 2.45) is 0 Å². The molecular weight excluding hydrogens is 278 g/mol. The molecule has 0 bridgehead atoms. The monoisotopic (exact) mass is 301 g/mol. The molecule has 0 spiro atoms. The molecule has 0 amide bonds. The van der Waals surface area contributed by atoms with Crippen LogP contribution in [0.2, 0.25) is 0 Å². The third kappa shape index (κ3) is 2.97. The highest BCUT2D eigenvalue weighted by Crippen LogP contribution is 2.21. The van der Waals surface area contributed by atoms with Crippen LogP contribution in [-0.2, 0) is 24.9 Å². The molecule has 0 aromatic carbocycles. The van der Waals surface area contributed by atoms with Crippen molar-refractivity contribution in [1.29, 1.82) is 0 Å². The first kappa shape index (κ1) is 15.0. The van der Waals surface area contributed by atoms with E-state index in [1.54, 1.807) is 0 Å². The molecule has 0 atom stereocenters. The zero-order valence-electron chi connectivity index (χ0n) is 13.7. The number of aromatic amines is 2. The maximum Gasteiger partial charge on any atom is 0.255 e. The summed E-state index contributed by atoms with van der Waals surface area (Å²) in [6.45, 7) is 10.4. The molecule has 0 unspecified atom stereocenters. The Balaban J connectivity index is 1.83. The molecule has 0 fully saturated rings. The van der Waals surface area contributed by atoms with E-state index in [9.17, 15) is 4.79 Å². The number of nitrogens with zero attached hydrogens (tertiary/aromatic N) is 3. The summed E-state index contributed by atoms with van der Waals surface area (Å²) < 4.78 is 0. The van der Waals surface area contributed by atoms with Crippen molar-refractivity contribution in [3.05, 3.63) is 45.2 Å². The number of fused-ring (bicyclic) bond motifs is 1. The fourth-order valence-corrected chi connectivity index (χ4v) is 2.73. The van der Waals surface area contributed by atoms with Crippen molar-refractivity contribution in [2.45, 2.75) is 52.6 Å². The van der Waals surface area contributed by atoms with E-state index in [2.05, 4.69) is 45.6 Å². The molecule has 2 aromatic rings. The number of rotatable bonds is 2. The first-order valence-electron chi connectivity index (χ1n) is 7.68. The number of nitrogens with one attached hydrogen (secondary N) is 2. The van der Waals surface area contributed by atoms with Crippen LogP contribution in [0.3, 0.4) is 0 Å². The van der Waals surface area contributed by atoms with Crippen LogP contribution in [0.1, 0.15) is 49.4 Å². The molecule has 3 rings (SSSR count). The second-order valence-corrected chi connectivity index (χ2v) is 7.06. The summed E-state index contributed by atoms with van der Waals surface area (Å²) in [5.41, 5.74) is 2.65. The lowest BCUT2D eigenvalue weighted by molar-refractivity contribution is 0.235. The zero-order chi connectivity index (χ0) is 15.9. The number of imidazole rings is 1. The van der Waals surface area contributed by atoms with Gasteiger partial charge in [0.1, 0.15) is 11.6 Å². The van der Waals surface area contributed by atoms with Gasteiger partial charge in [-0.1, -0.05) is 20.8 Å². The molecule has 2 N–H and O–H groups in total. The molecule has 0 saturated heterocycles. The van der Waals surface area contributed by atoms with Gasteiger partial charge in [-0.25, -0.2) is 9.97 Å². The lowest BCUT2D eigenvalue weighted by atomic mass is 9.95. The Hall–Kier alpha value is -1.95. The van der Waals surface area contributed by atoms with Gasteiger partial charge in [0.25, 0.3) is 5.56 Å². The van der Waals surface area contributed by atoms with E-state index in [1.165, 1.54) is 0 Å². The summed E-state index contributed by atoms with van der Waals surface area (Å²) in [5, 5.41) is 0. The normalized spacial score (nSPS) is 15.8. The molecule has 6 heteroatoms. The van der Waals surface area contributed by atoms with E-state index in [1.807, 2.05) is 13.1 Å². The van der Waals surface area contributed by atoms with Crippen molar-refractivity contribution in [2.75, 3.05) is 6.54 Å². The molecule has 1 aliphatic heterocycles. The van der Waals surface area contributed by atoms with Gasteiger partial charge in [-0.2, -0.15) is 0 Å². The number of aromatic nitrogens is 4. The van der Waals surface area contributed by atoms with Crippen LogP contribution in [0, 0.1) is 6.92 Å². The average molecular weight is 301 g/mol. The minimum Gasteiger partial charge on any atom is -0.345 e. The molecule has 1 aliphatic rings.